The Bertz CT molecular complexity index is 1160. The van der Waals surface area contributed by atoms with Gasteiger partial charge in [-0.05, 0) is 35.9 Å². The van der Waals surface area contributed by atoms with Gasteiger partial charge in [0.1, 0.15) is 10.6 Å². The van der Waals surface area contributed by atoms with Gasteiger partial charge in [0.15, 0.2) is 0 Å². The topological polar surface area (TPSA) is 123 Å². The number of nitro groups is 1. The number of ether oxygens (including phenoxy) is 1. The third-order valence-corrected chi connectivity index (χ3v) is 5.43. The van der Waals surface area contributed by atoms with Crippen LogP contribution in [0.2, 0.25) is 0 Å². The van der Waals surface area contributed by atoms with Crippen molar-refractivity contribution < 1.29 is 18.1 Å². The summed E-state index contributed by atoms with van der Waals surface area (Å²) in [5.74, 6) is 0.561. The molecule has 2 N–H and O–H groups in total. The first kappa shape index (κ1) is 20.8. The predicted octanol–water partition coefficient (Wildman–Crippen LogP) is 3.85. The Morgan fingerprint density at radius 2 is 1.73 bits per heavy atom. The van der Waals surface area contributed by atoms with E-state index in [1.165, 1.54) is 37.6 Å². The highest BCUT2D eigenvalue weighted by atomic mass is 32.2. The van der Waals surface area contributed by atoms with E-state index >= 15 is 0 Å². The van der Waals surface area contributed by atoms with Crippen LogP contribution in [0.5, 0.6) is 5.75 Å². The Balaban J connectivity index is 1.92. The second-order valence-corrected chi connectivity index (χ2v) is 7.70. The number of nitro benzene ring substituents is 1. The quantitative estimate of drug-likeness (QED) is 0.320. The van der Waals surface area contributed by atoms with Crippen LogP contribution in [0.25, 0.3) is 0 Å². The molecule has 9 nitrogen and oxygen atoms in total. The molecular weight excluding hydrogens is 408 g/mol. The van der Waals surface area contributed by atoms with Crippen LogP contribution < -0.4 is 14.9 Å². The summed E-state index contributed by atoms with van der Waals surface area (Å²) in [6.45, 7) is 0. The fourth-order valence-corrected chi connectivity index (χ4v) is 3.76. The van der Waals surface area contributed by atoms with E-state index in [1.807, 2.05) is 30.3 Å². The molecule has 0 radical (unpaired) electrons. The van der Waals surface area contributed by atoms with Crippen molar-refractivity contribution >= 4 is 33.3 Å². The third kappa shape index (κ3) is 5.11. The SMILES string of the molecule is COc1ccc(NS(=O)(=O)c2cc([N+](=O)[O-])ccc2N/N=C\c2ccccc2)cc1. The van der Waals surface area contributed by atoms with Crippen LogP contribution in [-0.4, -0.2) is 26.7 Å². The molecule has 154 valence electrons. The largest absolute Gasteiger partial charge is 0.497 e. The highest BCUT2D eigenvalue weighted by Gasteiger charge is 2.22. The molecule has 0 heterocycles. The molecule has 0 fully saturated rings. The van der Waals surface area contributed by atoms with Crippen LogP contribution in [0.3, 0.4) is 0 Å². The van der Waals surface area contributed by atoms with Gasteiger partial charge in [-0.3, -0.25) is 20.3 Å². The Labute approximate surface area is 173 Å². The Morgan fingerprint density at radius 3 is 2.37 bits per heavy atom. The lowest BCUT2D eigenvalue weighted by Crippen LogP contribution is -2.15. The van der Waals surface area contributed by atoms with Gasteiger partial charge in [-0.15, -0.1) is 0 Å². The maximum Gasteiger partial charge on any atom is 0.270 e. The summed E-state index contributed by atoms with van der Waals surface area (Å²) < 4.78 is 33.3. The van der Waals surface area contributed by atoms with Gasteiger partial charge >= 0.3 is 0 Å². The van der Waals surface area contributed by atoms with Crippen molar-refractivity contribution in [3.8, 4) is 5.75 Å². The van der Waals surface area contributed by atoms with Crippen LogP contribution in [-0.2, 0) is 10.0 Å². The third-order valence-electron chi connectivity index (χ3n) is 4.01. The van der Waals surface area contributed by atoms with Crippen molar-refractivity contribution in [3.05, 3.63) is 88.5 Å². The Kier molecular flexibility index (Phi) is 6.28. The molecule has 0 atom stereocenters. The standard InChI is InChI=1S/C20H18N4O5S/c1-29-18-10-7-16(8-11-18)23-30(27,28)20-13-17(24(25)26)9-12-19(20)22-21-14-15-5-3-2-4-6-15/h2-14,22-23H,1H3/b21-14-. The number of hydrazone groups is 1. The van der Waals surface area contributed by atoms with E-state index in [4.69, 9.17) is 4.74 Å². The number of nitrogens with zero attached hydrogens (tertiary/aromatic N) is 2. The van der Waals surface area contributed by atoms with E-state index in [1.54, 1.807) is 12.1 Å². The fourth-order valence-electron chi connectivity index (χ4n) is 2.52. The Morgan fingerprint density at radius 1 is 1.03 bits per heavy atom. The summed E-state index contributed by atoms with van der Waals surface area (Å²) in [6, 6.07) is 18.9. The smallest absolute Gasteiger partial charge is 0.270 e. The lowest BCUT2D eigenvalue weighted by atomic mass is 10.2. The predicted molar refractivity (Wildman–Crippen MR) is 115 cm³/mol. The average Bonchev–Trinajstić information content (AvgIpc) is 2.75. The van der Waals surface area contributed by atoms with E-state index in [9.17, 15) is 18.5 Å². The first-order chi connectivity index (χ1) is 14.4. The van der Waals surface area contributed by atoms with Gasteiger partial charge in [0.05, 0.1) is 23.9 Å². The molecule has 0 aromatic heterocycles. The number of nitrogens with one attached hydrogen (secondary N) is 2. The average molecular weight is 426 g/mol. The van der Waals surface area contributed by atoms with Gasteiger partial charge in [0.25, 0.3) is 15.7 Å². The minimum atomic E-state index is -4.15. The minimum Gasteiger partial charge on any atom is -0.497 e. The van der Waals surface area contributed by atoms with Crippen LogP contribution >= 0.6 is 0 Å². The van der Waals surface area contributed by atoms with Gasteiger partial charge in [-0.2, -0.15) is 5.10 Å². The first-order valence-electron chi connectivity index (χ1n) is 8.68. The molecular formula is C20H18N4O5S. The maximum atomic E-state index is 12.9. The van der Waals surface area contributed by atoms with E-state index in [2.05, 4.69) is 15.2 Å². The van der Waals surface area contributed by atoms with E-state index < -0.39 is 14.9 Å². The van der Waals surface area contributed by atoms with Crippen molar-refractivity contribution in [1.82, 2.24) is 0 Å². The summed E-state index contributed by atoms with van der Waals surface area (Å²) in [6.07, 6.45) is 1.51. The Hall–Kier alpha value is -3.92. The number of anilines is 2. The fraction of sp³-hybridized carbons (Fsp3) is 0.0500. The molecule has 0 aliphatic rings. The zero-order chi connectivity index (χ0) is 21.6. The molecule has 3 rings (SSSR count). The van der Waals surface area contributed by atoms with Crippen LogP contribution in [0.15, 0.2) is 82.8 Å². The molecule has 0 aliphatic heterocycles. The number of rotatable bonds is 8. The number of methoxy groups -OCH3 is 1. The summed E-state index contributed by atoms with van der Waals surface area (Å²) in [5, 5.41) is 15.2. The number of sulfonamides is 1. The van der Waals surface area contributed by atoms with Crippen LogP contribution in [0.1, 0.15) is 5.56 Å². The van der Waals surface area contributed by atoms with Crippen molar-refractivity contribution in [1.29, 1.82) is 0 Å². The summed E-state index contributed by atoms with van der Waals surface area (Å²) >= 11 is 0. The molecule has 0 spiro atoms. The second kappa shape index (κ2) is 9.05. The lowest BCUT2D eigenvalue weighted by molar-refractivity contribution is -0.385. The summed E-state index contributed by atoms with van der Waals surface area (Å²) in [4.78, 5) is 10.2. The number of hydrogen-bond donors (Lipinski definition) is 2. The first-order valence-corrected chi connectivity index (χ1v) is 10.2. The highest BCUT2D eigenvalue weighted by Crippen LogP contribution is 2.28. The molecule has 0 saturated heterocycles. The molecule has 10 heteroatoms. The van der Waals surface area contributed by atoms with Gasteiger partial charge in [-0.1, -0.05) is 30.3 Å². The normalized spacial score (nSPS) is 11.2. The molecule has 30 heavy (non-hydrogen) atoms. The molecule has 0 unspecified atom stereocenters. The zero-order valence-electron chi connectivity index (χ0n) is 15.8. The van der Waals surface area contributed by atoms with Gasteiger partial charge in [-0.25, -0.2) is 8.42 Å². The summed E-state index contributed by atoms with van der Waals surface area (Å²) in [5.41, 5.74) is 3.46. The lowest BCUT2D eigenvalue weighted by Gasteiger charge is -2.12. The number of hydrogen-bond acceptors (Lipinski definition) is 7. The van der Waals surface area contributed by atoms with Crippen molar-refractivity contribution in [3.63, 3.8) is 0 Å². The number of non-ortho nitro benzene ring substituents is 1. The zero-order valence-corrected chi connectivity index (χ0v) is 16.7. The number of benzene rings is 3. The monoisotopic (exact) mass is 426 g/mol. The highest BCUT2D eigenvalue weighted by molar-refractivity contribution is 7.92. The maximum absolute atomic E-state index is 12.9. The van der Waals surface area contributed by atoms with Gasteiger partial charge in [0, 0.05) is 17.8 Å². The summed E-state index contributed by atoms with van der Waals surface area (Å²) in [7, 11) is -2.65. The molecule has 0 bridgehead atoms. The van der Waals surface area contributed by atoms with Crippen LogP contribution in [0.4, 0.5) is 17.1 Å². The van der Waals surface area contributed by atoms with E-state index in [0.29, 0.717) is 5.75 Å². The minimum absolute atomic E-state index is 0.0915. The van der Waals surface area contributed by atoms with Crippen molar-refractivity contribution in [2.45, 2.75) is 4.90 Å². The molecule has 0 aliphatic carbocycles. The second-order valence-electron chi connectivity index (χ2n) is 6.05. The molecule has 3 aromatic carbocycles. The molecule has 0 amide bonds. The van der Waals surface area contributed by atoms with Crippen LogP contribution in [0, 0.1) is 10.1 Å². The van der Waals surface area contributed by atoms with Gasteiger partial charge < -0.3 is 4.74 Å². The molecule has 0 saturated carbocycles. The molecule has 3 aromatic rings. The van der Waals surface area contributed by atoms with Crippen molar-refractivity contribution in [2.75, 3.05) is 17.3 Å². The van der Waals surface area contributed by atoms with Gasteiger partial charge in [0.2, 0.25) is 0 Å². The van der Waals surface area contributed by atoms with E-state index in [0.717, 1.165) is 11.6 Å². The van der Waals surface area contributed by atoms with E-state index in [-0.39, 0.29) is 22.0 Å². The van der Waals surface area contributed by atoms with Crippen molar-refractivity contribution in [2.24, 2.45) is 5.10 Å².